The summed E-state index contributed by atoms with van der Waals surface area (Å²) >= 11 is 0. The molecular formula is C26H31N3O4S. The molecule has 0 spiro atoms. The lowest BCUT2D eigenvalue weighted by Gasteiger charge is -2.31. The van der Waals surface area contributed by atoms with Gasteiger partial charge in [-0.05, 0) is 81.3 Å². The van der Waals surface area contributed by atoms with Crippen LogP contribution in [0.25, 0.3) is 0 Å². The van der Waals surface area contributed by atoms with E-state index < -0.39 is 15.9 Å². The molecule has 7 nitrogen and oxygen atoms in total. The fraction of sp³-hybridized carbons (Fsp3) is 0.462. The number of anilines is 2. The molecular weight excluding hydrogens is 450 g/mol. The van der Waals surface area contributed by atoms with Crippen LogP contribution < -0.4 is 10.2 Å². The number of hydrogen-bond acceptors (Lipinski definition) is 4. The van der Waals surface area contributed by atoms with Gasteiger partial charge in [-0.1, -0.05) is 18.2 Å². The van der Waals surface area contributed by atoms with Gasteiger partial charge in [-0.2, -0.15) is 4.31 Å². The minimum absolute atomic E-state index is 0.0329. The first-order chi connectivity index (χ1) is 16.3. The van der Waals surface area contributed by atoms with Gasteiger partial charge in [-0.25, -0.2) is 8.42 Å². The normalized spacial score (nSPS) is 22.9. The zero-order valence-corrected chi connectivity index (χ0v) is 20.5. The van der Waals surface area contributed by atoms with Gasteiger partial charge in [0.2, 0.25) is 21.8 Å². The second kappa shape index (κ2) is 8.82. The molecule has 2 aromatic carbocycles. The molecule has 0 radical (unpaired) electrons. The zero-order chi connectivity index (χ0) is 24.0. The second-order valence-corrected chi connectivity index (χ2v) is 11.8. The highest BCUT2D eigenvalue weighted by molar-refractivity contribution is 7.89. The van der Waals surface area contributed by atoms with E-state index in [1.807, 2.05) is 43.0 Å². The van der Waals surface area contributed by atoms with Crippen molar-refractivity contribution in [2.75, 3.05) is 23.3 Å². The number of piperidine rings is 1. The van der Waals surface area contributed by atoms with Crippen LogP contribution in [0.2, 0.25) is 0 Å². The predicted molar refractivity (Wildman–Crippen MR) is 131 cm³/mol. The minimum Gasteiger partial charge on any atom is -0.326 e. The maximum Gasteiger partial charge on any atom is 0.243 e. The summed E-state index contributed by atoms with van der Waals surface area (Å²) in [5.41, 5.74) is 3.45. The van der Waals surface area contributed by atoms with Crippen LogP contribution in [0.1, 0.15) is 43.7 Å². The first-order valence-electron chi connectivity index (χ1n) is 12.1. The first kappa shape index (κ1) is 23.1. The van der Waals surface area contributed by atoms with E-state index >= 15 is 0 Å². The molecule has 2 fully saturated rings. The standard InChI is InChI=1S/C26H31N3O4S/c1-17-6-3-4-8-23(17)27-25(30)20-7-5-13-28(16-20)34(32,33)22-11-12-24-21(15-22)14-18(2)29(24)26(31)19-9-10-19/h3-4,6,8,11-12,15,18-20H,5,7,9-10,13-14,16H2,1-2H3,(H,27,30)/t18-,20+/m0/s1. The van der Waals surface area contributed by atoms with E-state index in [1.54, 1.807) is 18.2 Å². The highest BCUT2D eigenvalue weighted by Gasteiger charge is 2.40. The third-order valence-corrected chi connectivity index (χ3v) is 9.09. The fourth-order valence-corrected chi connectivity index (χ4v) is 6.68. The van der Waals surface area contributed by atoms with Gasteiger partial charge >= 0.3 is 0 Å². The number of fused-ring (bicyclic) bond motifs is 1. The first-order valence-corrected chi connectivity index (χ1v) is 13.5. The number of rotatable bonds is 5. The lowest BCUT2D eigenvalue weighted by atomic mass is 9.98. The van der Waals surface area contributed by atoms with Crippen LogP contribution in [0.15, 0.2) is 47.4 Å². The van der Waals surface area contributed by atoms with Crippen LogP contribution in [0.5, 0.6) is 0 Å². The number of sulfonamides is 1. The third-order valence-electron chi connectivity index (χ3n) is 7.23. The summed E-state index contributed by atoms with van der Waals surface area (Å²) in [5.74, 6) is -0.274. The highest BCUT2D eigenvalue weighted by atomic mass is 32.2. The van der Waals surface area contributed by atoms with Gasteiger partial charge < -0.3 is 10.2 Å². The molecule has 0 aromatic heterocycles. The monoisotopic (exact) mass is 481 g/mol. The summed E-state index contributed by atoms with van der Waals surface area (Å²) in [4.78, 5) is 27.7. The Morgan fingerprint density at radius 3 is 2.53 bits per heavy atom. The lowest BCUT2D eigenvalue weighted by molar-refractivity contribution is -0.121. The molecule has 180 valence electrons. The van der Waals surface area contributed by atoms with Crippen molar-refractivity contribution in [1.29, 1.82) is 0 Å². The summed E-state index contributed by atoms with van der Waals surface area (Å²) in [6.45, 7) is 4.51. The molecule has 2 atom stereocenters. The molecule has 0 bridgehead atoms. The van der Waals surface area contributed by atoms with Crippen molar-refractivity contribution >= 4 is 33.2 Å². The van der Waals surface area contributed by atoms with Crippen molar-refractivity contribution in [2.24, 2.45) is 11.8 Å². The Balaban J connectivity index is 1.33. The summed E-state index contributed by atoms with van der Waals surface area (Å²) in [6, 6.07) is 12.7. The van der Waals surface area contributed by atoms with Crippen LogP contribution >= 0.6 is 0 Å². The molecule has 2 aromatic rings. The molecule has 0 unspecified atom stereocenters. The molecule has 1 aliphatic carbocycles. The predicted octanol–water partition coefficient (Wildman–Crippen LogP) is 3.72. The highest BCUT2D eigenvalue weighted by Crippen LogP contribution is 2.40. The van der Waals surface area contributed by atoms with E-state index in [0.29, 0.717) is 25.8 Å². The quantitative estimate of drug-likeness (QED) is 0.705. The van der Waals surface area contributed by atoms with Gasteiger partial charge in [0.15, 0.2) is 0 Å². The van der Waals surface area contributed by atoms with Crippen molar-refractivity contribution < 1.29 is 18.0 Å². The Bertz CT molecular complexity index is 1240. The van der Waals surface area contributed by atoms with E-state index in [1.165, 1.54) is 4.31 Å². The molecule has 3 aliphatic rings. The number of hydrogen-bond donors (Lipinski definition) is 1. The molecule has 2 amide bonds. The van der Waals surface area contributed by atoms with Crippen molar-refractivity contribution in [2.45, 2.75) is 56.9 Å². The van der Waals surface area contributed by atoms with Gasteiger partial charge in [0.25, 0.3) is 0 Å². The van der Waals surface area contributed by atoms with Crippen LogP contribution in [0, 0.1) is 18.8 Å². The smallest absolute Gasteiger partial charge is 0.243 e. The number of aryl methyl sites for hydroxylation is 1. The average Bonchev–Trinajstić information content (AvgIpc) is 3.62. The van der Waals surface area contributed by atoms with Crippen molar-refractivity contribution in [3.8, 4) is 0 Å². The molecule has 5 rings (SSSR count). The molecule has 1 N–H and O–H groups in total. The number of nitrogens with zero attached hydrogens (tertiary/aromatic N) is 2. The molecule has 34 heavy (non-hydrogen) atoms. The van der Waals surface area contributed by atoms with Crippen molar-refractivity contribution in [3.05, 3.63) is 53.6 Å². The topological polar surface area (TPSA) is 86.8 Å². The Labute approximate surface area is 201 Å². The van der Waals surface area contributed by atoms with Gasteiger partial charge in [0, 0.05) is 36.4 Å². The van der Waals surface area contributed by atoms with Gasteiger partial charge in [-0.3, -0.25) is 9.59 Å². The molecule has 1 saturated heterocycles. The number of amides is 2. The van der Waals surface area contributed by atoms with Crippen LogP contribution in [-0.4, -0.2) is 43.7 Å². The number of para-hydroxylation sites is 1. The Hall–Kier alpha value is -2.71. The molecule has 2 aliphatic heterocycles. The lowest BCUT2D eigenvalue weighted by Crippen LogP contribution is -2.43. The number of carbonyl (C=O) groups excluding carboxylic acids is 2. The number of carbonyl (C=O) groups is 2. The van der Waals surface area contributed by atoms with Gasteiger partial charge in [0.1, 0.15) is 0 Å². The van der Waals surface area contributed by atoms with E-state index in [9.17, 15) is 18.0 Å². The third kappa shape index (κ3) is 4.25. The Morgan fingerprint density at radius 2 is 1.79 bits per heavy atom. The molecule has 8 heteroatoms. The van der Waals surface area contributed by atoms with Crippen LogP contribution in [0.3, 0.4) is 0 Å². The summed E-state index contributed by atoms with van der Waals surface area (Å²) in [6.07, 6.45) is 3.83. The minimum atomic E-state index is -3.74. The molecule has 2 heterocycles. The maximum atomic E-state index is 13.5. The summed E-state index contributed by atoms with van der Waals surface area (Å²) in [7, 11) is -3.74. The van der Waals surface area contributed by atoms with Gasteiger partial charge in [0.05, 0.1) is 10.8 Å². The van der Waals surface area contributed by atoms with Gasteiger partial charge in [-0.15, -0.1) is 0 Å². The summed E-state index contributed by atoms with van der Waals surface area (Å²) < 4.78 is 28.4. The second-order valence-electron chi connectivity index (χ2n) is 9.83. The zero-order valence-electron chi connectivity index (χ0n) is 19.7. The SMILES string of the molecule is Cc1ccccc1NC(=O)[C@@H]1CCCN(S(=O)(=O)c2ccc3c(c2)C[C@H](C)N3C(=O)C2CC2)C1. The number of nitrogens with one attached hydrogen (secondary N) is 1. The summed E-state index contributed by atoms with van der Waals surface area (Å²) in [5, 5.41) is 2.96. The Morgan fingerprint density at radius 1 is 1.03 bits per heavy atom. The maximum absolute atomic E-state index is 13.5. The fourth-order valence-electron chi connectivity index (χ4n) is 5.10. The van der Waals surface area contributed by atoms with E-state index in [4.69, 9.17) is 0 Å². The van der Waals surface area contributed by atoms with E-state index in [-0.39, 0.29) is 35.2 Å². The van der Waals surface area contributed by atoms with Crippen LogP contribution in [0.4, 0.5) is 11.4 Å². The van der Waals surface area contributed by atoms with Crippen molar-refractivity contribution in [1.82, 2.24) is 4.31 Å². The largest absolute Gasteiger partial charge is 0.326 e. The van der Waals surface area contributed by atoms with E-state index in [0.717, 1.165) is 35.3 Å². The van der Waals surface area contributed by atoms with E-state index in [2.05, 4.69) is 5.32 Å². The van der Waals surface area contributed by atoms with Crippen LogP contribution in [-0.2, 0) is 26.0 Å². The van der Waals surface area contributed by atoms with Crippen molar-refractivity contribution in [3.63, 3.8) is 0 Å². The molecule has 1 saturated carbocycles. The number of benzene rings is 2. The Kier molecular flexibility index (Phi) is 5.98. The average molecular weight is 482 g/mol.